The number of methoxy groups -OCH3 is 1. The number of esters is 1. The predicted octanol–water partition coefficient (Wildman–Crippen LogP) is 0.688. The van der Waals surface area contributed by atoms with E-state index in [1.165, 1.54) is 13.3 Å². The highest BCUT2D eigenvalue weighted by Crippen LogP contribution is 2.09. The van der Waals surface area contributed by atoms with Crippen LogP contribution in [0.15, 0.2) is 12.3 Å². The first-order valence-electron chi connectivity index (χ1n) is 6.63. The third-order valence-corrected chi connectivity index (χ3v) is 3.13. The summed E-state index contributed by atoms with van der Waals surface area (Å²) in [5.41, 5.74) is 0. The molecule has 1 aliphatic heterocycles. The predicted molar refractivity (Wildman–Crippen MR) is 72.3 cm³/mol. The van der Waals surface area contributed by atoms with Crippen LogP contribution in [0.3, 0.4) is 0 Å². The molecule has 1 aromatic rings. The smallest absolute Gasteiger partial charge is 0.376 e. The fourth-order valence-electron chi connectivity index (χ4n) is 2.07. The van der Waals surface area contributed by atoms with Crippen LogP contribution >= 0.6 is 0 Å². The second-order valence-electron chi connectivity index (χ2n) is 4.52. The molecule has 0 aromatic carbocycles. The maximum Gasteiger partial charge on any atom is 0.376 e. The van der Waals surface area contributed by atoms with E-state index in [0.29, 0.717) is 18.8 Å². The van der Waals surface area contributed by atoms with E-state index in [1.807, 2.05) is 4.90 Å². The summed E-state index contributed by atoms with van der Waals surface area (Å²) in [5, 5.41) is 3.01. The van der Waals surface area contributed by atoms with E-state index in [4.69, 9.17) is 0 Å². The number of carbonyl (C=O) groups excluding carboxylic acids is 2. The first-order chi connectivity index (χ1) is 9.70. The Balaban J connectivity index is 1.81. The molecule has 7 heteroatoms. The van der Waals surface area contributed by atoms with Crippen LogP contribution in [0.1, 0.15) is 29.9 Å². The zero-order valence-electron chi connectivity index (χ0n) is 11.5. The highest BCUT2D eigenvalue weighted by molar-refractivity contribution is 5.85. The summed E-state index contributed by atoms with van der Waals surface area (Å²) in [7, 11) is 1.28. The second kappa shape index (κ2) is 6.83. The summed E-state index contributed by atoms with van der Waals surface area (Å²) in [6.07, 6.45) is 4.07. The average Bonchev–Trinajstić information content (AvgIpc) is 3.01. The largest absolute Gasteiger partial charge is 0.463 e. The van der Waals surface area contributed by atoms with Gasteiger partial charge in [-0.15, -0.1) is 0 Å². The van der Waals surface area contributed by atoms with Crippen molar-refractivity contribution in [2.45, 2.75) is 19.3 Å². The lowest BCUT2D eigenvalue weighted by Crippen LogP contribution is -2.29. The standard InChI is InChI=1S/C13H18N4O3/c1-20-13(19)12-15-6-4-10(16-12)14-7-5-11(18)17-8-2-3-9-17/h4,6H,2-3,5,7-9H2,1H3,(H,14,15,16). The van der Waals surface area contributed by atoms with Gasteiger partial charge in [0.25, 0.3) is 0 Å². The van der Waals surface area contributed by atoms with Gasteiger partial charge in [0.2, 0.25) is 11.7 Å². The van der Waals surface area contributed by atoms with Gasteiger partial charge in [0.05, 0.1) is 7.11 Å². The van der Waals surface area contributed by atoms with Gasteiger partial charge in [-0.25, -0.2) is 14.8 Å². The molecule has 1 N–H and O–H groups in total. The minimum atomic E-state index is -0.582. The number of nitrogens with one attached hydrogen (secondary N) is 1. The van der Waals surface area contributed by atoms with Crippen molar-refractivity contribution in [3.8, 4) is 0 Å². The molecule has 2 heterocycles. The van der Waals surface area contributed by atoms with E-state index < -0.39 is 5.97 Å². The maximum absolute atomic E-state index is 11.8. The van der Waals surface area contributed by atoms with Crippen LogP contribution in [0.4, 0.5) is 5.82 Å². The van der Waals surface area contributed by atoms with Crippen LogP contribution < -0.4 is 5.32 Å². The Kier molecular flexibility index (Phi) is 4.86. The Labute approximate surface area is 117 Å². The van der Waals surface area contributed by atoms with E-state index >= 15 is 0 Å². The molecule has 7 nitrogen and oxygen atoms in total. The molecule has 1 fully saturated rings. The quantitative estimate of drug-likeness (QED) is 0.798. The Morgan fingerprint density at radius 3 is 2.85 bits per heavy atom. The minimum absolute atomic E-state index is 0.00312. The van der Waals surface area contributed by atoms with E-state index in [1.54, 1.807) is 6.07 Å². The SMILES string of the molecule is COC(=O)c1nccc(NCCC(=O)N2CCCC2)n1. The molecular weight excluding hydrogens is 260 g/mol. The molecular formula is C13H18N4O3. The number of hydrogen-bond donors (Lipinski definition) is 1. The molecule has 0 radical (unpaired) electrons. The Hall–Kier alpha value is -2.18. The summed E-state index contributed by atoms with van der Waals surface area (Å²) >= 11 is 0. The molecule has 0 atom stereocenters. The molecule has 0 unspecified atom stereocenters. The number of anilines is 1. The van der Waals surface area contributed by atoms with Gasteiger partial charge in [-0.05, 0) is 18.9 Å². The van der Waals surface area contributed by atoms with Gasteiger partial charge in [-0.2, -0.15) is 0 Å². The maximum atomic E-state index is 11.8. The normalized spacial score (nSPS) is 14.2. The number of amides is 1. The molecule has 1 aromatic heterocycles. The van der Waals surface area contributed by atoms with Gasteiger partial charge in [0.15, 0.2) is 0 Å². The van der Waals surface area contributed by atoms with Gasteiger partial charge in [0.1, 0.15) is 5.82 Å². The topological polar surface area (TPSA) is 84.4 Å². The molecule has 20 heavy (non-hydrogen) atoms. The summed E-state index contributed by atoms with van der Waals surface area (Å²) in [6, 6.07) is 1.65. The van der Waals surface area contributed by atoms with Gasteiger partial charge < -0.3 is 15.0 Å². The monoisotopic (exact) mass is 278 g/mol. The van der Waals surface area contributed by atoms with Crippen LogP contribution in [-0.2, 0) is 9.53 Å². The molecule has 1 amide bonds. The van der Waals surface area contributed by atoms with Crippen molar-refractivity contribution >= 4 is 17.7 Å². The molecule has 0 aliphatic carbocycles. The van der Waals surface area contributed by atoms with Gasteiger partial charge in [0, 0.05) is 32.3 Å². The van der Waals surface area contributed by atoms with E-state index in [0.717, 1.165) is 25.9 Å². The molecule has 0 spiro atoms. The molecule has 0 saturated carbocycles. The lowest BCUT2D eigenvalue weighted by atomic mass is 10.3. The number of nitrogens with zero attached hydrogens (tertiary/aromatic N) is 3. The van der Waals surface area contributed by atoms with Crippen molar-refractivity contribution in [1.82, 2.24) is 14.9 Å². The highest BCUT2D eigenvalue weighted by Gasteiger charge is 2.17. The molecule has 0 bridgehead atoms. The Morgan fingerprint density at radius 2 is 2.15 bits per heavy atom. The number of carbonyl (C=O) groups is 2. The van der Waals surface area contributed by atoms with E-state index in [2.05, 4.69) is 20.0 Å². The van der Waals surface area contributed by atoms with Crippen LogP contribution in [0.25, 0.3) is 0 Å². The summed E-state index contributed by atoms with van der Waals surface area (Å²) in [6.45, 7) is 2.20. The van der Waals surface area contributed by atoms with Gasteiger partial charge >= 0.3 is 5.97 Å². The van der Waals surface area contributed by atoms with Crippen molar-refractivity contribution in [2.75, 3.05) is 32.1 Å². The van der Waals surface area contributed by atoms with Crippen LogP contribution in [-0.4, -0.2) is 53.5 Å². The third-order valence-electron chi connectivity index (χ3n) is 3.13. The molecule has 1 saturated heterocycles. The lowest BCUT2D eigenvalue weighted by Gasteiger charge is -2.15. The van der Waals surface area contributed by atoms with E-state index in [9.17, 15) is 9.59 Å². The Morgan fingerprint density at radius 1 is 1.40 bits per heavy atom. The lowest BCUT2D eigenvalue weighted by molar-refractivity contribution is -0.129. The fraction of sp³-hybridized carbons (Fsp3) is 0.538. The average molecular weight is 278 g/mol. The van der Waals surface area contributed by atoms with Crippen LogP contribution in [0.5, 0.6) is 0 Å². The Bertz CT molecular complexity index is 486. The number of likely N-dealkylation sites (tertiary alicyclic amines) is 1. The number of ether oxygens (including phenoxy) is 1. The van der Waals surface area contributed by atoms with Gasteiger partial charge in [-0.3, -0.25) is 4.79 Å². The van der Waals surface area contributed by atoms with Crippen molar-refractivity contribution in [1.29, 1.82) is 0 Å². The number of hydrogen-bond acceptors (Lipinski definition) is 6. The van der Waals surface area contributed by atoms with Crippen molar-refractivity contribution < 1.29 is 14.3 Å². The first-order valence-corrected chi connectivity index (χ1v) is 6.63. The van der Waals surface area contributed by atoms with Crippen molar-refractivity contribution in [3.63, 3.8) is 0 Å². The summed E-state index contributed by atoms with van der Waals surface area (Å²) in [5.74, 6) is 0.0806. The molecule has 2 rings (SSSR count). The molecule has 1 aliphatic rings. The van der Waals surface area contributed by atoms with Crippen LogP contribution in [0.2, 0.25) is 0 Å². The van der Waals surface area contributed by atoms with Crippen LogP contribution in [0, 0.1) is 0 Å². The zero-order chi connectivity index (χ0) is 14.4. The highest BCUT2D eigenvalue weighted by atomic mass is 16.5. The third kappa shape index (κ3) is 3.66. The fourth-order valence-corrected chi connectivity index (χ4v) is 2.07. The number of rotatable bonds is 5. The summed E-state index contributed by atoms with van der Waals surface area (Å²) in [4.78, 5) is 32.8. The summed E-state index contributed by atoms with van der Waals surface area (Å²) < 4.78 is 4.55. The zero-order valence-corrected chi connectivity index (χ0v) is 11.5. The van der Waals surface area contributed by atoms with E-state index in [-0.39, 0.29) is 11.7 Å². The second-order valence-corrected chi connectivity index (χ2v) is 4.52. The first kappa shape index (κ1) is 14.2. The van der Waals surface area contributed by atoms with Gasteiger partial charge in [-0.1, -0.05) is 0 Å². The van der Waals surface area contributed by atoms with Crippen molar-refractivity contribution in [2.24, 2.45) is 0 Å². The minimum Gasteiger partial charge on any atom is -0.463 e. The molecule has 108 valence electrons. The number of aromatic nitrogens is 2. The van der Waals surface area contributed by atoms with Crippen molar-refractivity contribution in [3.05, 3.63) is 18.1 Å².